The van der Waals surface area contributed by atoms with Gasteiger partial charge in [-0.05, 0) is 12.1 Å². The van der Waals surface area contributed by atoms with Crippen molar-refractivity contribution >= 4 is 6.03 Å². The van der Waals surface area contributed by atoms with Crippen LogP contribution >= 0.6 is 0 Å². The Bertz CT molecular complexity index is 391. The van der Waals surface area contributed by atoms with Crippen molar-refractivity contribution in [3.63, 3.8) is 0 Å². The Balaban J connectivity index is 1.75. The second-order valence-electron chi connectivity index (χ2n) is 3.88. The summed E-state index contributed by atoms with van der Waals surface area (Å²) in [5, 5.41) is 0. The first-order valence-electron chi connectivity index (χ1n) is 5.08. The van der Waals surface area contributed by atoms with Crippen molar-refractivity contribution in [1.82, 2.24) is 4.90 Å². The number of nitrogens with zero attached hydrogens (tertiary/aromatic N) is 1. The molecule has 16 heavy (non-hydrogen) atoms. The minimum absolute atomic E-state index is 0.288. The molecule has 4 nitrogen and oxygen atoms in total. The van der Waals surface area contributed by atoms with Gasteiger partial charge < -0.3 is 15.4 Å². The van der Waals surface area contributed by atoms with Crippen LogP contribution in [0, 0.1) is 11.7 Å². The lowest BCUT2D eigenvalue weighted by atomic mass is 10.0. The summed E-state index contributed by atoms with van der Waals surface area (Å²) in [5.41, 5.74) is 5.08. The Morgan fingerprint density at radius 2 is 2.31 bits per heavy atom. The number of carbonyl (C=O) groups excluding carboxylic acids is 1. The Labute approximate surface area is 92.8 Å². The summed E-state index contributed by atoms with van der Waals surface area (Å²) in [7, 11) is 0. The molecule has 1 heterocycles. The second kappa shape index (κ2) is 4.38. The molecule has 0 aliphatic carbocycles. The minimum atomic E-state index is -0.401. The van der Waals surface area contributed by atoms with Gasteiger partial charge in [-0.3, -0.25) is 0 Å². The van der Waals surface area contributed by atoms with Crippen LogP contribution < -0.4 is 10.5 Å². The number of hydrogen-bond donors (Lipinski definition) is 1. The summed E-state index contributed by atoms with van der Waals surface area (Å²) in [6.07, 6.45) is 0. The van der Waals surface area contributed by atoms with E-state index in [1.165, 1.54) is 12.1 Å². The summed E-state index contributed by atoms with van der Waals surface area (Å²) in [6.45, 7) is 1.71. The van der Waals surface area contributed by atoms with E-state index in [2.05, 4.69) is 0 Å². The molecule has 0 atom stereocenters. The number of urea groups is 1. The zero-order valence-corrected chi connectivity index (χ0v) is 8.73. The first-order chi connectivity index (χ1) is 7.65. The number of ether oxygens (including phenoxy) is 1. The van der Waals surface area contributed by atoms with E-state index in [1.54, 1.807) is 17.0 Å². The fraction of sp³-hybridized carbons (Fsp3) is 0.364. The van der Waals surface area contributed by atoms with Gasteiger partial charge in [0.2, 0.25) is 0 Å². The van der Waals surface area contributed by atoms with Crippen LogP contribution in [0.1, 0.15) is 0 Å². The number of hydrogen-bond acceptors (Lipinski definition) is 2. The lowest BCUT2D eigenvalue weighted by Crippen LogP contribution is -2.54. The van der Waals surface area contributed by atoms with Crippen LogP contribution in [0.15, 0.2) is 24.3 Å². The lowest BCUT2D eigenvalue weighted by molar-refractivity contribution is 0.0902. The van der Waals surface area contributed by atoms with E-state index < -0.39 is 6.03 Å². The highest BCUT2D eigenvalue weighted by Gasteiger charge is 2.29. The van der Waals surface area contributed by atoms with Crippen LogP contribution in [-0.2, 0) is 0 Å². The third kappa shape index (κ3) is 2.42. The van der Waals surface area contributed by atoms with Crippen molar-refractivity contribution in [3.8, 4) is 5.75 Å². The SMILES string of the molecule is NC(=O)N1CC(COc2cccc(F)c2)C1. The first-order valence-corrected chi connectivity index (χ1v) is 5.08. The van der Waals surface area contributed by atoms with Crippen LogP contribution in [0.3, 0.4) is 0 Å². The highest BCUT2D eigenvalue weighted by Crippen LogP contribution is 2.18. The Kier molecular flexibility index (Phi) is 2.94. The molecule has 0 radical (unpaired) electrons. The molecule has 0 saturated carbocycles. The van der Waals surface area contributed by atoms with Gasteiger partial charge in [0, 0.05) is 25.1 Å². The molecule has 0 bridgehead atoms. The number of likely N-dealkylation sites (tertiary alicyclic amines) is 1. The molecule has 1 aliphatic rings. The van der Waals surface area contributed by atoms with E-state index in [1.807, 2.05) is 0 Å². The summed E-state index contributed by atoms with van der Waals surface area (Å²) in [5.74, 6) is 0.484. The summed E-state index contributed by atoms with van der Waals surface area (Å²) in [4.78, 5) is 12.2. The molecule has 2 amide bonds. The summed E-state index contributed by atoms with van der Waals surface area (Å²) < 4.78 is 18.2. The standard InChI is InChI=1S/C11H13FN2O2/c12-9-2-1-3-10(4-9)16-7-8-5-14(6-8)11(13)15/h1-4,8H,5-7H2,(H2,13,15). The van der Waals surface area contributed by atoms with Crippen LogP contribution in [0.5, 0.6) is 5.75 Å². The van der Waals surface area contributed by atoms with Gasteiger partial charge in [-0.15, -0.1) is 0 Å². The average Bonchev–Trinajstić information content (AvgIpc) is 2.14. The predicted molar refractivity (Wildman–Crippen MR) is 56.5 cm³/mol. The minimum Gasteiger partial charge on any atom is -0.493 e. The number of rotatable bonds is 3. The van der Waals surface area contributed by atoms with Gasteiger partial charge in [-0.2, -0.15) is 0 Å². The highest BCUT2D eigenvalue weighted by atomic mass is 19.1. The molecule has 0 unspecified atom stereocenters. The van der Waals surface area contributed by atoms with Crippen molar-refractivity contribution in [2.24, 2.45) is 11.7 Å². The molecule has 1 fully saturated rings. The lowest BCUT2D eigenvalue weighted by Gasteiger charge is -2.37. The monoisotopic (exact) mass is 224 g/mol. The molecule has 2 rings (SSSR count). The fourth-order valence-corrected chi connectivity index (χ4v) is 1.63. The molecular weight excluding hydrogens is 211 g/mol. The third-order valence-corrected chi connectivity index (χ3v) is 2.55. The van der Waals surface area contributed by atoms with E-state index >= 15 is 0 Å². The van der Waals surface area contributed by atoms with Gasteiger partial charge in [-0.1, -0.05) is 6.07 Å². The molecular formula is C11H13FN2O2. The van der Waals surface area contributed by atoms with Crippen LogP contribution in [0.2, 0.25) is 0 Å². The maximum Gasteiger partial charge on any atom is 0.314 e. The van der Waals surface area contributed by atoms with Gasteiger partial charge in [-0.25, -0.2) is 9.18 Å². The summed E-state index contributed by atoms with van der Waals surface area (Å²) >= 11 is 0. The van der Waals surface area contributed by atoms with E-state index in [0.717, 1.165) is 0 Å². The van der Waals surface area contributed by atoms with Crippen LogP contribution in [0.25, 0.3) is 0 Å². The Hall–Kier alpha value is -1.78. The largest absolute Gasteiger partial charge is 0.493 e. The van der Waals surface area contributed by atoms with Crippen LogP contribution in [-0.4, -0.2) is 30.6 Å². The van der Waals surface area contributed by atoms with Gasteiger partial charge in [0.25, 0.3) is 0 Å². The van der Waals surface area contributed by atoms with Gasteiger partial charge in [0.1, 0.15) is 11.6 Å². The molecule has 1 aromatic rings. The zero-order chi connectivity index (χ0) is 11.5. The van der Waals surface area contributed by atoms with Crippen molar-refractivity contribution < 1.29 is 13.9 Å². The normalized spacial score (nSPS) is 15.7. The smallest absolute Gasteiger partial charge is 0.314 e. The number of carbonyl (C=O) groups is 1. The van der Waals surface area contributed by atoms with Crippen molar-refractivity contribution in [3.05, 3.63) is 30.1 Å². The molecule has 0 spiro atoms. The number of amides is 2. The van der Waals surface area contributed by atoms with Crippen molar-refractivity contribution in [1.29, 1.82) is 0 Å². The van der Waals surface area contributed by atoms with E-state index in [4.69, 9.17) is 10.5 Å². The number of benzene rings is 1. The molecule has 86 valence electrons. The van der Waals surface area contributed by atoms with E-state index in [0.29, 0.717) is 25.4 Å². The number of halogens is 1. The zero-order valence-electron chi connectivity index (χ0n) is 8.73. The molecule has 1 saturated heterocycles. The summed E-state index contributed by atoms with van der Waals surface area (Å²) in [6, 6.07) is 5.60. The fourth-order valence-electron chi connectivity index (χ4n) is 1.63. The Morgan fingerprint density at radius 1 is 1.56 bits per heavy atom. The second-order valence-corrected chi connectivity index (χ2v) is 3.88. The molecule has 1 aromatic carbocycles. The average molecular weight is 224 g/mol. The molecule has 0 aromatic heterocycles. The van der Waals surface area contributed by atoms with E-state index in [9.17, 15) is 9.18 Å². The molecule has 2 N–H and O–H groups in total. The van der Waals surface area contributed by atoms with Gasteiger partial charge in [0.15, 0.2) is 0 Å². The maximum atomic E-state index is 12.8. The number of nitrogens with two attached hydrogens (primary N) is 1. The van der Waals surface area contributed by atoms with E-state index in [-0.39, 0.29) is 11.7 Å². The maximum absolute atomic E-state index is 12.8. The molecule has 5 heteroatoms. The topological polar surface area (TPSA) is 55.6 Å². The highest BCUT2D eigenvalue weighted by molar-refractivity contribution is 5.72. The number of primary amides is 1. The quantitative estimate of drug-likeness (QED) is 0.839. The van der Waals surface area contributed by atoms with Gasteiger partial charge in [0.05, 0.1) is 6.61 Å². The van der Waals surface area contributed by atoms with Crippen LogP contribution in [0.4, 0.5) is 9.18 Å². The first kappa shape index (κ1) is 10.7. The predicted octanol–water partition coefficient (Wildman–Crippen LogP) is 1.22. The van der Waals surface area contributed by atoms with Crippen molar-refractivity contribution in [2.75, 3.05) is 19.7 Å². The Morgan fingerprint density at radius 3 is 2.94 bits per heavy atom. The van der Waals surface area contributed by atoms with Crippen molar-refractivity contribution in [2.45, 2.75) is 0 Å². The molecule has 1 aliphatic heterocycles. The van der Waals surface area contributed by atoms with Gasteiger partial charge >= 0.3 is 6.03 Å². The third-order valence-electron chi connectivity index (χ3n) is 2.55.